The molecule has 106 valence electrons. The van der Waals surface area contributed by atoms with Crippen LogP contribution in [0.2, 0.25) is 0 Å². The lowest BCUT2D eigenvalue weighted by molar-refractivity contribution is 0.384. The van der Waals surface area contributed by atoms with Crippen molar-refractivity contribution in [2.45, 2.75) is 0 Å². The molecular weight excluding hydrogens is 322 g/mol. The Hall–Kier alpha value is -1.39. The molecule has 0 aliphatic rings. The van der Waals surface area contributed by atoms with Gasteiger partial charge in [0.1, 0.15) is 5.30 Å². The van der Waals surface area contributed by atoms with Gasteiger partial charge in [-0.05, 0) is 11.2 Å². The van der Waals surface area contributed by atoms with E-state index in [9.17, 15) is 26.5 Å². The second-order valence-electron chi connectivity index (χ2n) is 3.79. The van der Waals surface area contributed by atoms with Gasteiger partial charge >= 0.3 is 0 Å². The summed E-state index contributed by atoms with van der Waals surface area (Å²) < 4.78 is 78.7. The molecule has 0 aliphatic heterocycles. The molecule has 8 heteroatoms. The van der Waals surface area contributed by atoms with E-state index in [0.717, 1.165) is 0 Å². The van der Waals surface area contributed by atoms with Gasteiger partial charge in [-0.15, -0.1) is 0 Å². The van der Waals surface area contributed by atoms with Gasteiger partial charge in [0.2, 0.25) is 12.3 Å². The molecule has 0 saturated heterocycles. The summed E-state index contributed by atoms with van der Waals surface area (Å²) in [4.78, 5) is 0. The maximum absolute atomic E-state index is 13.6. The number of rotatable bonds is 2. The summed E-state index contributed by atoms with van der Waals surface area (Å²) in [6, 6.07) is 6.60. The zero-order valence-electron chi connectivity index (χ0n) is 9.51. The van der Waals surface area contributed by atoms with E-state index in [2.05, 4.69) is 0 Å². The van der Waals surface area contributed by atoms with Crippen LogP contribution in [0, 0.1) is 29.1 Å². The molecule has 0 aromatic heterocycles. The van der Waals surface area contributed by atoms with Gasteiger partial charge in [-0.1, -0.05) is 30.3 Å². The molecule has 0 spiro atoms. The van der Waals surface area contributed by atoms with Gasteiger partial charge in [0, 0.05) is 5.30 Å². The Bertz CT molecular complexity index is 691. The molecular formula is C12H5ClF5OP. The molecule has 0 saturated carbocycles. The van der Waals surface area contributed by atoms with Crippen molar-refractivity contribution in [1.82, 2.24) is 0 Å². The Labute approximate surface area is 115 Å². The Morgan fingerprint density at radius 2 is 1.15 bits per heavy atom. The van der Waals surface area contributed by atoms with Gasteiger partial charge in [0.25, 0.3) is 0 Å². The van der Waals surface area contributed by atoms with Crippen LogP contribution < -0.4 is 10.6 Å². The summed E-state index contributed by atoms with van der Waals surface area (Å²) in [5.74, 6) is -11.1. The molecule has 0 amide bonds. The smallest absolute Gasteiger partial charge is 0.231 e. The zero-order chi connectivity index (χ0) is 15.1. The molecule has 1 atom stereocenters. The standard InChI is InChI=1S/C12H5ClF5OP/c13-20(19,6-4-2-1-3-5-6)12-10(17)8(15)7(14)9(16)11(12)18/h1-5H. The average molecular weight is 327 g/mol. The van der Waals surface area contributed by atoms with Crippen LogP contribution in [0.3, 0.4) is 0 Å². The first-order valence-corrected chi connectivity index (χ1v) is 7.77. The van der Waals surface area contributed by atoms with Gasteiger partial charge < -0.3 is 0 Å². The van der Waals surface area contributed by atoms with E-state index in [4.69, 9.17) is 11.2 Å². The second-order valence-corrected chi connectivity index (χ2v) is 7.24. The van der Waals surface area contributed by atoms with E-state index in [-0.39, 0.29) is 5.30 Å². The first kappa shape index (κ1) is 15.0. The van der Waals surface area contributed by atoms with Crippen molar-refractivity contribution in [3.63, 3.8) is 0 Å². The SMILES string of the molecule is O=P(Cl)(c1ccccc1)c1c(F)c(F)c(F)c(F)c1F. The first-order chi connectivity index (χ1) is 9.28. The molecule has 20 heavy (non-hydrogen) atoms. The van der Waals surface area contributed by atoms with Crippen molar-refractivity contribution in [3.05, 3.63) is 59.4 Å². The predicted octanol–water partition coefficient (Wildman–Crippen LogP) is 3.85. The normalized spacial score (nSPS) is 14.1. The zero-order valence-corrected chi connectivity index (χ0v) is 11.2. The molecule has 0 fully saturated rings. The Morgan fingerprint density at radius 1 is 0.750 bits per heavy atom. The van der Waals surface area contributed by atoms with Crippen LogP contribution in [0.5, 0.6) is 0 Å². The van der Waals surface area contributed by atoms with Crippen LogP contribution >= 0.6 is 17.7 Å². The van der Waals surface area contributed by atoms with Crippen LogP contribution in [0.15, 0.2) is 30.3 Å². The summed E-state index contributed by atoms with van der Waals surface area (Å²) in [5.41, 5.74) is 0. The van der Waals surface area contributed by atoms with Crippen LogP contribution in [-0.4, -0.2) is 0 Å². The van der Waals surface area contributed by atoms with Gasteiger partial charge in [0.05, 0.1) is 0 Å². The fourth-order valence-electron chi connectivity index (χ4n) is 1.59. The number of benzene rings is 2. The van der Waals surface area contributed by atoms with E-state index in [1.165, 1.54) is 30.3 Å². The predicted molar refractivity (Wildman–Crippen MR) is 65.4 cm³/mol. The molecule has 1 unspecified atom stereocenters. The molecule has 1 nitrogen and oxygen atoms in total. The van der Waals surface area contributed by atoms with Crippen molar-refractivity contribution in [1.29, 1.82) is 0 Å². The summed E-state index contributed by atoms with van der Waals surface area (Å²) in [6.07, 6.45) is 0. The highest BCUT2D eigenvalue weighted by Gasteiger charge is 2.37. The third-order valence-corrected chi connectivity index (χ3v) is 5.59. The minimum Gasteiger partial charge on any atom is -0.296 e. The molecule has 0 heterocycles. The first-order valence-electron chi connectivity index (χ1n) is 5.15. The fourth-order valence-corrected chi connectivity index (χ4v) is 3.89. The van der Waals surface area contributed by atoms with Crippen molar-refractivity contribution in [3.8, 4) is 0 Å². The lowest BCUT2D eigenvalue weighted by atomic mass is 10.3. The van der Waals surface area contributed by atoms with Crippen LogP contribution in [-0.2, 0) is 4.57 Å². The largest absolute Gasteiger partial charge is 0.296 e. The lowest BCUT2D eigenvalue weighted by Crippen LogP contribution is -2.23. The van der Waals surface area contributed by atoms with Crippen molar-refractivity contribution < 1.29 is 26.5 Å². The summed E-state index contributed by atoms with van der Waals surface area (Å²) in [6.45, 7) is -4.47. The highest BCUT2D eigenvalue weighted by atomic mass is 35.7. The Kier molecular flexibility index (Phi) is 3.89. The van der Waals surface area contributed by atoms with Crippen LogP contribution in [0.4, 0.5) is 22.0 Å². The van der Waals surface area contributed by atoms with E-state index in [1.54, 1.807) is 0 Å². The topological polar surface area (TPSA) is 17.1 Å². The molecule has 0 bridgehead atoms. The van der Waals surface area contributed by atoms with E-state index < -0.39 is 40.9 Å². The van der Waals surface area contributed by atoms with Crippen molar-refractivity contribution in [2.75, 3.05) is 0 Å². The highest BCUT2D eigenvalue weighted by molar-refractivity contribution is 8.00. The van der Waals surface area contributed by atoms with Crippen LogP contribution in [0.25, 0.3) is 0 Å². The average Bonchev–Trinajstić information content (AvgIpc) is 2.44. The molecule has 2 rings (SSSR count). The molecule has 0 aliphatic carbocycles. The van der Waals surface area contributed by atoms with Gasteiger partial charge in [-0.25, -0.2) is 22.0 Å². The summed E-state index contributed by atoms with van der Waals surface area (Å²) in [7, 11) is 0. The number of halogens is 6. The van der Waals surface area contributed by atoms with Gasteiger partial charge in [-0.2, -0.15) is 0 Å². The maximum Gasteiger partial charge on any atom is 0.231 e. The van der Waals surface area contributed by atoms with Gasteiger partial charge in [-0.3, -0.25) is 4.57 Å². The third-order valence-electron chi connectivity index (χ3n) is 2.56. The third kappa shape index (κ3) is 2.23. The molecule has 2 aromatic rings. The van der Waals surface area contributed by atoms with Crippen molar-refractivity contribution >= 4 is 28.3 Å². The lowest BCUT2D eigenvalue weighted by Gasteiger charge is -2.14. The van der Waals surface area contributed by atoms with E-state index in [0.29, 0.717) is 0 Å². The van der Waals surface area contributed by atoms with Crippen molar-refractivity contribution in [2.24, 2.45) is 0 Å². The summed E-state index contributed by atoms with van der Waals surface area (Å²) >= 11 is 5.61. The minimum atomic E-state index is -4.47. The van der Waals surface area contributed by atoms with Crippen LogP contribution in [0.1, 0.15) is 0 Å². The molecule has 0 radical (unpaired) electrons. The fraction of sp³-hybridized carbons (Fsp3) is 0. The monoisotopic (exact) mass is 326 g/mol. The Balaban J connectivity index is 2.80. The Morgan fingerprint density at radius 3 is 1.60 bits per heavy atom. The molecule has 2 aromatic carbocycles. The maximum atomic E-state index is 13.6. The minimum absolute atomic E-state index is 0.232. The molecule has 0 N–H and O–H groups in total. The van der Waals surface area contributed by atoms with E-state index >= 15 is 0 Å². The summed E-state index contributed by atoms with van der Waals surface area (Å²) in [5, 5.41) is -1.74. The second kappa shape index (κ2) is 5.19. The van der Waals surface area contributed by atoms with E-state index in [1.807, 2.05) is 0 Å². The van der Waals surface area contributed by atoms with Gasteiger partial charge in [0.15, 0.2) is 23.3 Å². The quantitative estimate of drug-likeness (QED) is 0.354. The highest BCUT2D eigenvalue weighted by Crippen LogP contribution is 2.50. The number of hydrogen-bond donors (Lipinski definition) is 0. The number of hydrogen-bond acceptors (Lipinski definition) is 1.